The van der Waals surface area contributed by atoms with Gasteiger partial charge >= 0.3 is 0 Å². The number of H-pyrrole nitrogens is 1. The van der Waals surface area contributed by atoms with Crippen LogP contribution in [-0.4, -0.2) is 21.4 Å². The van der Waals surface area contributed by atoms with Crippen molar-refractivity contribution in [1.29, 1.82) is 0 Å². The Morgan fingerprint density at radius 1 is 1.00 bits per heavy atom. The monoisotopic (exact) mass is 353 g/mol. The van der Waals surface area contributed by atoms with Crippen molar-refractivity contribution in [3.8, 4) is 5.75 Å². The maximum absolute atomic E-state index is 6.45. The molecule has 2 atom stereocenters. The van der Waals surface area contributed by atoms with Gasteiger partial charge in [-0.15, -0.1) is 0 Å². The van der Waals surface area contributed by atoms with Gasteiger partial charge in [0.25, 0.3) is 0 Å². The van der Waals surface area contributed by atoms with Crippen LogP contribution in [-0.2, 0) is 6.42 Å². The van der Waals surface area contributed by atoms with Crippen molar-refractivity contribution in [2.75, 3.05) is 6.54 Å². The van der Waals surface area contributed by atoms with E-state index in [0.29, 0.717) is 0 Å². The van der Waals surface area contributed by atoms with Crippen molar-refractivity contribution in [1.82, 2.24) is 14.9 Å². The topological polar surface area (TPSA) is 41.1 Å². The molecular formula is C23H19N3O. The van der Waals surface area contributed by atoms with Crippen molar-refractivity contribution in [3.05, 3.63) is 95.4 Å². The highest BCUT2D eigenvalue weighted by Gasteiger charge is 2.41. The molecule has 0 radical (unpaired) electrons. The Labute approximate surface area is 157 Å². The van der Waals surface area contributed by atoms with Gasteiger partial charge in [0.2, 0.25) is 0 Å². The zero-order valence-corrected chi connectivity index (χ0v) is 14.8. The predicted molar refractivity (Wildman–Crippen MR) is 105 cm³/mol. The molecule has 4 aromatic rings. The van der Waals surface area contributed by atoms with E-state index in [0.717, 1.165) is 24.3 Å². The first kappa shape index (κ1) is 15.0. The Hall–Kier alpha value is -3.11. The molecule has 2 aliphatic heterocycles. The van der Waals surface area contributed by atoms with Crippen molar-refractivity contribution < 1.29 is 4.74 Å². The van der Waals surface area contributed by atoms with E-state index in [1.807, 2.05) is 24.5 Å². The highest BCUT2D eigenvalue weighted by atomic mass is 16.5. The summed E-state index contributed by atoms with van der Waals surface area (Å²) in [6, 6.07) is 21.3. The lowest BCUT2D eigenvalue weighted by molar-refractivity contribution is -0.0247. The van der Waals surface area contributed by atoms with Gasteiger partial charge in [-0.2, -0.15) is 0 Å². The second-order valence-corrected chi connectivity index (χ2v) is 7.25. The Balaban J connectivity index is 1.58. The summed E-state index contributed by atoms with van der Waals surface area (Å²) in [5.41, 5.74) is 6.27. The molecule has 132 valence electrons. The summed E-state index contributed by atoms with van der Waals surface area (Å²) in [7, 11) is 0. The molecule has 4 heteroatoms. The number of fused-ring (bicyclic) bond motifs is 7. The van der Waals surface area contributed by atoms with Crippen LogP contribution in [0.5, 0.6) is 5.75 Å². The van der Waals surface area contributed by atoms with E-state index in [1.165, 1.54) is 27.7 Å². The van der Waals surface area contributed by atoms with Gasteiger partial charge in [0, 0.05) is 46.7 Å². The Bertz CT molecular complexity index is 1130. The third kappa shape index (κ3) is 2.17. The van der Waals surface area contributed by atoms with Crippen LogP contribution >= 0.6 is 0 Å². The van der Waals surface area contributed by atoms with E-state index in [4.69, 9.17) is 4.74 Å². The minimum atomic E-state index is -0.127. The minimum Gasteiger partial charge on any atom is -0.470 e. The summed E-state index contributed by atoms with van der Waals surface area (Å²) in [4.78, 5) is 10.5. The third-order valence-electron chi connectivity index (χ3n) is 5.79. The van der Waals surface area contributed by atoms with Crippen molar-refractivity contribution in [3.63, 3.8) is 0 Å². The molecule has 0 amide bonds. The number of nitrogens with one attached hydrogen (secondary N) is 1. The fourth-order valence-corrected chi connectivity index (χ4v) is 4.63. The van der Waals surface area contributed by atoms with Crippen LogP contribution in [0.1, 0.15) is 34.7 Å². The fraction of sp³-hybridized carbons (Fsp3) is 0.174. The summed E-state index contributed by atoms with van der Waals surface area (Å²) in [5, 5.41) is 1.34. The van der Waals surface area contributed by atoms with Crippen molar-refractivity contribution in [2.24, 2.45) is 0 Å². The summed E-state index contributed by atoms with van der Waals surface area (Å²) in [6.45, 7) is 0.952. The van der Waals surface area contributed by atoms with Gasteiger partial charge in [-0.05, 0) is 30.2 Å². The molecule has 0 saturated heterocycles. The highest BCUT2D eigenvalue weighted by Crippen LogP contribution is 2.48. The molecule has 2 aliphatic rings. The average Bonchev–Trinajstić information content (AvgIpc) is 3.12. The van der Waals surface area contributed by atoms with E-state index in [1.54, 1.807) is 0 Å². The van der Waals surface area contributed by atoms with Crippen LogP contribution in [0.2, 0.25) is 0 Å². The van der Waals surface area contributed by atoms with Gasteiger partial charge in [-0.1, -0.05) is 42.5 Å². The number of hydrogen-bond donors (Lipinski definition) is 1. The zero-order valence-electron chi connectivity index (χ0n) is 14.8. The lowest BCUT2D eigenvalue weighted by atomic mass is 9.90. The first-order chi connectivity index (χ1) is 13.4. The molecule has 0 spiro atoms. The number of nitrogens with zero attached hydrogens (tertiary/aromatic N) is 2. The Kier molecular flexibility index (Phi) is 3.16. The largest absolute Gasteiger partial charge is 0.470 e. The molecule has 0 fully saturated rings. The zero-order chi connectivity index (χ0) is 17.8. The van der Waals surface area contributed by atoms with Gasteiger partial charge in [0.15, 0.2) is 6.23 Å². The summed E-state index contributed by atoms with van der Waals surface area (Å²) < 4.78 is 6.45. The molecule has 0 saturated carbocycles. The highest BCUT2D eigenvalue weighted by molar-refractivity contribution is 5.85. The number of para-hydroxylation sites is 2. The maximum Gasteiger partial charge on any atom is 0.181 e. The molecule has 1 N–H and O–H groups in total. The summed E-state index contributed by atoms with van der Waals surface area (Å²) in [6.07, 6.45) is 4.61. The van der Waals surface area contributed by atoms with E-state index in [2.05, 4.69) is 63.4 Å². The maximum atomic E-state index is 6.45. The van der Waals surface area contributed by atoms with E-state index >= 15 is 0 Å². The van der Waals surface area contributed by atoms with Gasteiger partial charge in [-0.25, -0.2) is 0 Å². The van der Waals surface area contributed by atoms with E-state index < -0.39 is 0 Å². The van der Waals surface area contributed by atoms with Gasteiger partial charge < -0.3 is 9.72 Å². The smallest absolute Gasteiger partial charge is 0.181 e. The van der Waals surface area contributed by atoms with Gasteiger partial charge in [0.05, 0.1) is 6.04 Å². The first-order valence-electron chi connectivity index (χ1n) is 9.41. The summed E-state index contributed by atoms with van der Waals surface area (Å²) >= 11 is 0. The van der Waals surface area contributed by atoms with E-state index in [9.17, 15) is 0 Å². The van der Waals surface area contributed by atoms with Gasteiger partial charge in [0.1, 0.15) is 5.75 Å². The number of aromatic nitrogens is 2. The quantitative estimate of drug-likeness (QED) is 0.544. The first-order valence-corrected chi connectivity index (χ1v) is 9.41. The van der Waals surface area contributed by atoms with Crippen LogP contribution in [0.25, 0.3) is 10.9 Å². The normalized spacial score (nSPS) is 21.2. The Morgan fingerprint density at radius 2 is 1.89 bits per heavy atom. The van der Waals surface area contributed by atoms with Gasteiger partial charge in [-0.3, -0.25) is 9.88 Å². The molecule has 0 bridgehead atoms. The number of hydrogen-bond acceptors (Lipinski definition) is 3. The molecule has 27 heavy (non-hydrogen) atoms. The molecule has 4 heterocycles. The number of ether oxygens (including phenoxy) is 1. The molecule has 4 nitrogen and oxygen atoms in total. The number of benzene rings is 2. The third-order valence-corrected chi connectivity index (χ3v) is 5.79. The lowest BCUT2D eigenvalue weighted by Crippen LogP contribution is -2.44. The van der Waals surface area contributed by atoms with Crippen molar-refractivity contribution in [2.45, 2.75) is 18.7 Å². The van der Waals surface area contributed by atoms with Crippen molar-refractivity contribution >= 4 is 10.9 Å². The standard InChI is InChI=1S/C23H19N3O/c1-3-9-19-16(7-1)17-11-13-26-22(21(17)25-19)18-8-2-4-10-20(18)27-23(26)15-6-5-12-24-14-15/h1-10,12,14,22-23,25H,11,13H2/t22-,23-/m0/s1. The fourth-order valence-electron chi connectivity index (χ4n) is 4.63. The molecule has 0 aliphatic carbocycles. The molecule has 6 rings (SSSR count). The van der Waals surface area contributed by atoms with Crippen LogP contribution in [0, 0.1) is 0 Å². The summed E-state index contributed by atoms with van der Waals surface area (Å²) in [5.74, 6) is 0.958. The predicted octanol–water partition coefficient (Wildman–Crippen LogP) is 4.60. The molecule has 2 aromatic heterocycles. The van der Waals surface area contributed by atoms with Crippen LogP contribution < -0.4 is 4.74 Å². The SMILES string of the molecule is c1cncc([C@@H]2Oc3ccccc3[C@H]3c4[nH]c5ccccc5c4CCN32)c1. The van der Waals surface area contributed by atoms with Crippen LogP contribution in [0.15, 0.2) is 73.1 Å². The van der Waals surface area contributed by atoms with Crippen LogP contribution in [0.4, 0.5) is 0 Å². The molecular weight excluding hydrogens is 334 g/mol. The molecule has 2 aromatic carbocycles. The average molecular weight is 353 g/mol. The second kappa shape index (κ2) is 5.69. The Morgan fingerprint density at radius 3 is 2.81 bits per heavy atom. The van der Waals surface area contributed by atoms with E-state index in [-0.39, 0.29) is 12.3 Å². The number of rotatable bonds is 1. The molecule has 0 unspecified atom stereocenters. The van der Waals surface area contributed by atoms with Crippen LogP contribution in [0.3, 0.4) is 0 Å². The number of pyridine rings is 1. The number of aromatic amines is 1. The second-order valence-electron chi connectivity index (χ2n) is 7.25. The lowest BCUT2D eigenvalue weighted by Gasteiger charge is -2.45. The minimum absolute atomic E-state index is 0.127.